The molecule has 0 aliphatic carbocycles. The number of H-pyrrole nitrogens is 1. The molecule has 35 heavy (non-hydrogen) atoms. The molecular weight excluding hydrogens is 458 g/mol. The molecule has 0 amide bonds. The third-order valence-corrected chi connectivity index (χ3v) is 5.99. The molecule has 5 heterocycles. The minimum atomic E-state index is -0.972. The molecule has 0 unspecified atom stereocenters. The number of aromatic amines is 1. The number of fused-ring (bicyclic) bond motifs is 2. The minimum Gasteiger partial charge on any atom is -0.472 e. The first-order valence-electron chi connectivity index (χ1n) is 11.3. The summed E-state index contributed by atoms with van der Waals surface area (Å²) >= 11 is 0. The summed E-state index contributed by atoms with van der Waals surface area (Å²) in [6.07, 6.45) is 5.89. The summed E-state index contributed by atoms with van der Waals surface area (Å²) in [5.74, 6) is -0.349. The van der Waals surface area contributed by atoms with E-state index in [0.29, 0.717) is 67.1 Å². The molecule has 10 nitrogen and oxygen atoms in total. The fourth-order valence-corrected chi connectivity index (χ4v) is 4.13. The Morgan fingerprint density at radius 3 is 2.77 bits per heavy atom. The summed E-state index contributed by atoms with van der Waals surface area (Å²) in [5, 5.41) is 3.25. The molecule has 0 atom stereocenters. The van der Waals surface area contributed by atoms with Crippen molar-refractivity contribution in [2.75, 3.05) is 36.5 Å². The van der Waals surface area contributed by atoms with Gasteiger partial charge in [0.25, 0.3) is 0 Å². The van der Waals surface area contributed by atoms with E-state index in [4.69, 9.17) is 19.1 Å². The van der Waals surface area contributed by atoms with Crippen molar-refractivity contribution in [3.05, 3.63) is 60.1 Å². The van der Waals surface area contributed by atoms with Crippen LogP contribution in [0.1, 0.15) is 11.4 Å². The van der Waals surface area contributed by atoms with Crippen molar-refractivity contribution in [2.24, 2.45) is 0 Å². The molecule has 6 rings (SSSR count). The molecule has 1 aliphatic rings. The largest absolute Gasteiger partial charge is 0.472 e. The Kier molecular flexibility index (Phi) is 5.49. The maximum Gasteiger partial charge on any atom is 0.229 e. The average molecular weight is 480 g/mol. The first-order chi connectivity index (χ1) is 17.2. The summed E-state index contributed by atoms with van der Waals surface area (Å²) in [6, 6.07) is 4.47. The number of nitrogens with zero attached hydrogens (tertiary/aromatic N) is 6. The molecule has 1 aliphatic heterocycles. The van der Waals surface area contributed by atoms with E-state index in [-0.39, 0.29) is 12.1 Å². The molecule has 1 aromatic carbocycles. The lowest BCUT2D eigenvalue weighted by molar-refractivity contribution is 0.122. The van der Waals surface area contributed by atoms with Gasteiger partial charge in [-0.1, -0.05) is 0 Å². The predicted octanol–water partition coefficient (Wildman–Crippen LogP) is 3.27. The van der Waals surface area contributed by atoms with Crippen LogP contribution in [-0.2, 0) is 24.2 Å². The number of imidazole rings is 2. The number of hydrogen-bond donors (Lipinski definition) is 2. The SMILES string of the molecule is Fc1ccc2[nH]c(CNc3nc(N4CCOCC4)nc4c3ncn4CCc3ccoc3)nc2c1F. The quantitative estimate of drug-likeness (QED) is 0.365. The summed E-state index contributed by atoms with van der Waals surface area (Å²) in [4.78, 5) is 23.4. The van der Waals surface area contributed by atoms with Crippen molar-refractivity contribution < 1.29 is 17.9 Å². The number of aromatic nitrogens is 6. The summed E-state index contributed by atoms with van der Waals surface area (Å²) in [7, 11) is 0. The Labute approximate surface area is 198 Å². The van der Waals surface area contributed by atoms with Crippen LogP contribution >= 0.6 is 0 Å². The average Bonchev–Trinajstić information content (AvgIpc) is 3.64. The van der Waals surface area contributed by atoms with Crippen LogP contribution in [0.25, 0.3) is 22.2 Å². The van der Waals surface area contributed by atoms with Crippen LogP contribution < -0.4 is 10.2 Å². The Morgan fingerprint density at radius 2 is 1.94 bits per heavy atom. The van der Waals surface area contributed by atoms with Crippen LogP contribution in [0.3, 0.4) is 0 Å². The second-order valence-electron chi connectivity index (χ2n) is 8.26. The van der Waals surface area contributed by atoms with E-state index in [2.05, 4.69) is 25.2 Å². The highest BCUT2D eigenvalue weighted by atomic mass is 19.2. The lowest BCUT2D eigenvalue weighted by Gasteiger charge is -2.27. The molecule has 1 saturated heterocycles. The zero-order valence-electron chi connectivity index (χ0n) is 18.7. The van der Waals surface area contributed by atoms with Gasteiger partial charge in [0.2, 0.25) is 5.95 Å². The number of benzene rings is 1. The van der Waals surface area contributed by atoms with E-state index in [0.717, 1.165) is 18.1 Å². The van der Waals surface area contributed by atoms with Gasteiger partial charge in [-0.3, -0.25) is 0 Å². The van der Waals surface area contributed by atoms with E-state index in [1.165, 1.54) is 6.07 Å². The summed E-state index contributed by atoms with van der Waals surface area (Å²) in [6.45, 7) is 3.46. The molecule has 180 valence electrons. The summed E-state index contributed by atoms with van der Waals surface area (Å²) < 4.78 is 40.3. The standard InChI is InChI=1S/C23H22F2N8O2/c24-15-1-2-16-19(18(15)25)29-17(28-16)11-26-21-20-22(31-23(30-21)32-6-9-34-10-7-32)33(13-27-20)5-3-14-4-8-35-12-14/h1-2,4,8,12-13H,3,5-7,9-11H2,(H,28,29)(H,26,30,31). The Bertz CT molecular complexity index is 1470. The Hall–Kier alpha value is -4.06. The lowest BCUT2D eigenvalue weighted by atomic mass is 10.2. The number of anilines is 2. The monoisotopic (exact) mass is 480 g/mol. The van der Waals surface area contributed by atoms with Crippen LogP contribution in [0.15, 0.2) is 41.5 Å². The molecule has 0 saturated carbocycles. The molecule has 0 radical (unpaired) electrons. The van der Waals surface area contributed by atoms with E-state index in [1.54, 1.807) is 18.9 Å². The maximum absolute atomic E-state index is 14.1. The Balaban J connectivity index is 1.32. The van der Waals surface area contributed by atoms with Crippen molar-refractivity contribution in [3.8, 4) is 0 Å². The predicted molar refractivity (Wildman–Crippen MR) is 124 cm³/mol. The molecule has 4 aromatic heterocycles. The van der Waals surface area contributed by atoms with E-state index in [1.807, 2.05) is 10.6 Å². The molecule has 2 N–H and O–H groups in total. The number of morpholine rings is 1. The van der Waals surface area contributed by atoms with Crippen LogP contribution in [0.4, 0.5) is 20.5 Å². The van der Waals surface area contributed by atoms with Gasteiger partial charge in [-0.05, 0) is 30.2 Å². The van der Waals surface area contributed by atoms with Gasteiger partial charge in [0.15, 0.2) is 28.6 Å². The minimum absolute atomic E-state index is 0.0350. The second kappa shape index (κ2) is 8.95. The van der Waals surface area contributed by atoms with Gasteiger partial charge in [-0.2, -0.15) is 9.97 Å². The van der Waals surface area contributed by atoms with Gasteiger partial charge in [0, 0.05) is 19.6 Å². The van der Waals surface area contributed by atoms with Gasteiger partial charge in [-0.25, -0.2) is 18.7 Å². The van der Waals surface area contributed by atoms with Crippen molar-refractivity contribution in [1.82, 2.24) is 29.5 Å². The molecule has 0 bridgehead atoms. The molecular formula is C23H22F2N8O2. The topological polar surface area (TPSA) is 110 Å². The van der Waals surface area contributed by atoms with Crippen LogP contribution in [0, 0.1) is 11.6 Å². The van der Waals surface area contributed by atoms with E-state index < -0.39 is 11.6 Å². The number of ether oxygens (including phenoxy) is 1. The van der Waals surface area contributed by atoms with Crippen molar-refractivity contribution in [2.45, 2.75) is 19.5 Å². The first kappa shape index (κ1) is 21.5. The normalized spacial score (nSPS) is 14.3. The smallest absolute Gasteiger partial charge is 0.229 e. The highest BCUT2D eigenvalue weighted by Gasteiger charge is 2.20. The molecule has 1 fully saturated rings. The van der Waals surface area contributed by atoms with Gasteiger partial charge >= 0.3 is 0 Å². The van der Waals surface area contributed by atoms with Gasteiger partial charge in [0.1, 0.15) is 11.3 Å². The van der Waals surface area contributed by atoms with Crippen LogP contribution in [-0.4, -0.2) is 55.8 Å². The van der Waals surface area contributed by atoms with E-state index in [9.17, 15) is 8.78 Å². The summed E-state index contributed by atoms with van der Waals surface area (Å²) in [5.41, 5.74) is 2.78. The van der Waals surface area contributed by atoms with E-state index >= 15 is 0 Å². The molecule has 0 spiro atoms. The van der Waals surface area contributed by atoms with Gasteiger partial charge < -0.3 is 28.9 Å². The Morgan fingerprint density at radius 1 is 1.06 bits per heavy atom. The number of halogens is 2. The number of hydrogen-bond acceptors (Lipinski definition) is 8. The highest BCUT2D eigenvalue weighted by molar-refractivity contribution is 5.84. The lowest BCUT2D eigenvalue weighted by Crippen LogP contribution is -2.37. The first-order valence-corrected chi connectivity index (χ1v) is 11.3. The third kappa shape index (κ3) is 4.16. The number of nitrogens with one attached hydrogen (secondary N) is 2. The molecule has 12 heteroatoms. The van der Waals surface area contributed by atoms with Gasteiger partial charge in [0.05, 0.1) is 44.1 Å². The van der Waals surface area contributed by atoms with Crippen molar-refractivity contribution in [1.29, 1.82) is 0 Å². The zero-order valence-corrected chi connectivity index (χ0v) is 18.7. The van der Waals surface area contributed by atoms with Crippen molar-refractivity contribution in [3.63, 3.8) is 0 Å². The number of furan rings is 1. The third-order valence-electron chi connectivity index (χ3n) is 5.99. The number of aryl methyl sites for hydroxylation is 2. The van der Waals surface area contributed by atoms with Crippen LogP contribution in [0.5, 0.6) is 0 Å². The zero-order chi connectivity index (χ0) is 23.8. The fourth-order valence-electron chi connectivity index (χ4n) is 4.13. The fraction of sp³-hybridized carbons (Fsp3) is 0.304. The number of rotatable bonds is 7. The van der Waals surface area contributed by atoms with Crippen molar-refractivity contribution >= 4 is 34.0 Å². The second-order valence-corrected chi connectivity index (χ2v) is 8.26. The van der Waals surface area contributed by atoms with Gasteiger partial charge in [-0.15, -0.1) is 0 Å². The highest BCUT2D eigenvalue weighted by Crippen LogP contribution is 2.25. The maximum atomic E-state index is 14.1. The van der Waals surface area contributed by atoms with Crippen LogP contribution in [0.2, 0.25) is 0 Å². The molecule has 5 aromatic rings.